The molecule has 0 bridgehead atoms. The molecule has 2 aromatic carbocycles. The molecule has 2 N–H and O–H groups in total. The normalized spacial score (nSPS) is 19.5. The predicted molar refractivity (Wildman–Crippen MR) is 182 cm³/mol. The number of carbonyl (C=O) groups is 1. The second-order valence-corrected chi connectivity index (χ2v) is 12.5. The number of likely N-dealkylation sites (tertiary alicyclic amines) is 1. The Balaban J connectivity index is 1.14. The molecule has 3 saturated heterocycles. The van der Waals surface area contributed by atoms with Crippen molar-refractivity contribution in [3.63, 3.8) is 0 Å². The molecule has 7 rings (SSSR count). The third kappa shape index (κ3) is 6.00. The number of nitrogens with one attached hydrogen (secondary N) is 2. The molecule has 0 saturated carbocycles. The van der Waals surface area contributed by atoms with Crippen LogP contribution in [-0.4, -0.2) is 93.6 Å². The summed E-state index contributed by atoms with van der Waals surface area (Å²) in [5.74, 6) is 0.243. The molecule has 3 fully saturated rings. The van der Waals surface area contributed by atoms with Crippen LogP contribution in [0.5, 0.6) is 0 Å². The fourth-order valence-corrected chi connectivity index (χ4v) is 7.20. The van der Waals surface area contributed by atoms with E-state index in [2.05, 4.69) is 57.1 Å². The lowest BCUT2D eigenvalue weighted by molar-refractivity contribution is -0.125. The summed E-state index contributed by atoms with van der Waals surface area (Å²) in [7, 11) is 0. The average molecular weight is 620 g/mol. The van der Waals surface area contributed by atoms with Crippen molar-refractivity contribution in [1.82, 2.24) is 34.6 Å². The molecule has 238 valence electrons. The van der Waals surface area contributed by atoms with E-state index in [4.69, 9.17) is 9.97 Å². The number of aromatic nitrogens is 4. The predicted octanol–water partition coefficient (Wildman–Crippen LogP) is 3.74. The minimum atomic E-state index is -0.246. The van der Waals surface area contributed by atoms with Crippen LogP contribution in [0.4, 0.5) is 17.3 Å². The van der Waals surface area contributed by atoms with E-state index in [1.165, 1.54) is 30.2 Å². The van der Waals surface area contributed by atoms with Gasteiger partial charge in [-0.25, -0.2) is 9.97 Å². The Kier molecular flexibility index (Phi) is 8.51. The molecule has 0 unspecified atom stereocenters. The van der Waals surface area contributed by atoms with Crippen LogP contribution in [0.15, 0.2) is 72.2 Å². The van der Waals surface area contributed by atoms with Crippen LogP contribution in [0.25, 0.3) is 22.4 Å². The van der Waals surface area contributed by atoms with Crippen molar-refractivity contribution >= 4 is 34.4 Å². The summed E-state index contributed by atoms with van der Waals surface area (Å²) in [5.41, 5.74) is 5.13. The van der Waals surface area contributed by atoms with Crippen LogP contribution in [-0.2, 0) is 4.79 Å². The zero-order valence-corrected chi connectivity index (χ0v) is 26.4. The summed E-state index contributed by atoms with van der Waals surface area (Å²) >= 11 is 0. The lowest BCUT2D eigenvalue weighted by Crippen LogP contribution is -2.52. The summed E-state index contributed by atoms with van der Waals surface area (Å²) in [5, 5.41) is 6.82. The maximum absolute atomic E-state index is 14.0. The average Bonchev–Trinajstić information content (AvgIpc) is 3.58. The molecule has 0 radical (unpaired) electrons. The fourth-order valence-electron chi connectivity index (χ4n) is 7.20. The minimum Gasteiger partial charge on any atom is -0.371 e. The zero-order valence-electron chi connectivity index (χ0n) is 26.4. The van der Waals surface area contributed by atoms with E-state index >= 15 is 0 Å². The Bertz CT molecular complexity index is 1790. The van der Waals surface area contributed by atoms with E-state index in [-0.39, 0.29) is 17.5 Å². The van der Waals surface area contributed by atoms with Gasteiger partial charge in [-0.05, 0) is 56.0 Å². The molecule has 1 atom stereocenters. The maximum Gasteiger partial charge on any atom is 0.279 e. The number of hydrogen-bond acceptors (Lipinski definition) is 9. The van der Waals surface area contributed by atoms with Crippen molar-refractivity contribution in [2.75, 3.05) is 62.6 Å². The van der Waals surface area contributed by atoms with E-state index in [9.17, 15) is 9.59 Å². The highest BCUT2D eigenvalue weighted by Crippen LogP contribution is 2.30. The minimum absolute atomic E-state index is 0.142. The molecular weight excluding hydrogens is 578 g/mol. The van der Waals surface area contributed by atoms with Crippen molar-refractivity contribution in [2.45, 2.75) is 38.3 Å². The second kappa shape index (κ2) is 13.0. The molecule has 11 nitrogen and oxygen atoms in total. The van der Waals surface area contributed by atoms with Crippen LogP contribution in [0.1, 0.15) is 30.9 Å². The SMILES string of the molecule is C=CC(=O)N1CC[C@H](n2c(=O)c(-c3ccccc3)nc3cnc(Nc4ccc(N5CCC(N6CCNCC6)CC5)c(C)c4)nc32)C1. The highest BCUT2D eigenvalue weighted by molar-refractivity contribution is 5.87. The molecule has 46 heavy (non-hydrogen) atoms. The van der Waals surface area contributed by atoms with Gasteiger partial charge in [0, 0.05) is 75.3 Å². The van der Waals surface area contributed by atoms with E-state index in [1.54, 1.807) is 15.7 Å². The number of nitrogens with zero attached hydrogens (tertiary/aromatic N) is 7. The number of carbonyl (C=O) groups excluding carboxylic acids is 1. The van der Waals surface area contributed by atoms with Crippen LogP contribution >= 0.6 is 0 Å². The molecule has 3 aliphatic rings. The molecule has 3 aliphatic heterocycles. The van der Waals surface area contributed by atoms with Gasteiger partial charge >= 0.3 is 0 Å². The third-order valence-electron chi connectivity index (χ3n) is 9.62. The first-order chi connectivity index (χ1) is 22.5. The van der Waals surface area contributed by atoms with Crippen molar-refractivity contribution in [2.24, 2.45) is 0 Å². The molecule has 11 heteroatoms. The van der Waals surface area contributed by atoms with Crippen LogP contribution in [0.3, 0.4) is 0 Å². The van der Waals surface area contributed by atoms with E-state index < -0.39 is 0 Å². The number of piperazine rings is 1. The van der Waals surface area contributed by atoms with Crippen molar-refractivity contribution in [3.05, 3.63) is 83.3 Å². The fraction of sp³-hybridized carbons (Fsp3) is 0.400. The van der Waals surface area contributed by atoms with Gasteiger partial charge in [-0.15, -0.1) is 0 Å². The van der Waals surface area contributed by atoms with Gasteiger partial charge in [0.15, 0.2) is 5.65 Å². The quantitative estimate of drug-likeness (QED) is 0.299. The van der Waals surface area contributed by atoms with Gasteiger partial charge in [-0.3, -0.25) is 19.1 Å². The highest BCUT2D eigenvalue weighted by Gasteiger charge is 2.30. The maximum atomic E-state index is 14.0. The van der Waals surface area contributed by atoms with Crippen molar-refractivity contribution < 1.29 is 4.79 Å². The molecule has 1 amide bonds. The Labute approximate surface area is 269 Å². The zero-order chi connectivity index (χ0) is 31.6. The molecular formula is C35H41N9O2. The van der Waals surface area contributed by atoms with E-state index in [0.29, 0.717) is 48.4 Å². The topological polar surface area (TPSA) is 112 Å². The van der Waals surface area contributed by atoms with Crippen LogP contribution in [0.2, 0.25) is 0 Å². The van der Waals surface area contributed by atoms with Gasteiger partial charge in [0.2, 0.25) is 11.9 Å². The largest absolute Gasteiger partial charge is 0.371 e. The summed E-state index contributed by atoms with van der Waals surface area (Å²) < 4.78 is 1.70. The molecule has 2 aromatic heterocycles. The molecule has 4 aromatic rings. The molecule has 0 spiro atoms. The number of fused-ring (bicyclic) bond motifs is 1. The Hall–Kier alpha value is -4.61. The third-order valence-corrected chi connectivity index (χ3v) is 9.62. The Morgan fingerprint density at radius 3 is 2.48 bits per heavy atom. The van der Waals surface area contributed by atoms with Gasteiger partial charge < -0.3 is 20.4 Å². The summed E-state index contributed by atoms with van der Waals surface area (Å²) in [6.45, 7) is 13.3. The number of anilines is 3. The number of hydrogen-bond donors (Lipinski definition) is 2. The van der Waals surface area contributed by atoms with Gasteiger partial charge in [0.05, 0.1) is 12.2 Å². The lowest BCUT2D eigenvalue weighted by Gasteiger charge is -2.41. The first-order valence-corrected chi connectivity index (χ1v) is 16.3. The van der Waals surface area contributed by atoms with E-state index in [1.807, 2.05) is 30.3 Å². The smallest absolute Gasteiger partial charge is 0.279 e. The number of aryl methyl sites for hydroxylation is 1. The molecule has 5 heterocycles. The molecule has 0 aliphatic carbocycles. The van der Waals surface area contributed by atoms with Crippen LogP contribution in [0, 0.1) is 6.92 Å². The second-order valence-electron chi connectivity index (χ2n) is 12.5. The Morgan fingerprint density at radius 2 is 1.74 bits per heavy atom. The van der Waals surface area contributed by atoms with Gasteiger partial charge in [0.25, 0.3) is 5.56 Å². The number of rotatable bonds is 7. The first kappa shape index (κ1) is 30.1. The van der Waals surface area contributed by atoms with Crippen molar-refractivity contribution in [3.8, 4) is 11.3 Å². The summed E-state index contributed by atoms with van der Waals surface area (Å²) in [4.78, 5) is 47.4. The van der Waals surface area contributed by atoms with Gasteiger partial charge in [0.1, 0.15) is 11.2 Å². The number of amides is 1. The van der Waals surface area contributed by atoms with Crippen LogP contribution < -0.4 is 21.1 Å². The van der Waals surface area contributed by atoms with E-state index in [0.717, 1.165) is 50.5 Å². The Morgan fingerprint density at radius 1 is 0.978 bits per heavy atom. The summed E-state index contributed by atoms with van der Waals surface area (Å²) in [6, 6.07) is 16.2. The lowest BCUT2D eigenvalue weighted by atomic mass is 10.0. The highest BCUT2D eigenvalue weighted by atomic mass is 16.2. The van der Waals surface area contributed by atoms with Crippen molar-refractivity contribution in [1.29, 1.82) is 0 Å². The van der Waals surface area contributed by atoms with Gasteiger partial charge in [-0.1, -0.05) is 36.9 Å². The standard InChI is InChI=1S/C35H41N9O2/c1-3-31(45)43-18-13-28(23-43)44-33-29(39-32(34(44)46)25-7-5-4-6-8-25)22-37-35(40-33)38-26-9-10-30(24(2)21-26)42-16-11-27(12-17-42)41-19-14-36-15-20-41/h3-10,21-22,27-28,36H,1,11-20,23H2,2H3,(H,37,38,40)/t28-/m0/s1. The number of benzene rings is 2. The summed E-state index contributed by atoms with van der Waals surface area (Å²) in [6.07, 6.45) is 5.99. The first-order valence-electron chi connectivity index (χ1n) is 16.3. The van der Waals surface area contributed by atoms with Gasteiger partial charge in [-0.2, -0.15) is 4.98 Å². The number of piperidine rings is 1. The monoisotopic (exact) mass is 619 g/mol.